The minimum atomic E-state index is -0.683. The van der Waals surface area contributed by atoms with Crippen molar-refractivity contribution in [1.29, 1.82) is 0 Å². The van der Waals surface area contributed by atoms with Crippen LogP contribution in [0.15, 0.2) is 17.2 Å². The Hall–Kier alpha value is -2.31. The van der Waals surface area contributed by atoms with E-state index in [-0.39, 0.29) is 11.4 Å². The average molecular weight is 279 g/mol. The lowest BCUT2D eigenvalue weighted by Gasteiger charge is -2.09. The molecule has 7 nitrogen and oxygen atoms in total. The van der Waals surface area contributed by atoms with Gasteiger partial charge in [-0.1, -0.05) is 13.3 Å². The lowest BCUT2D eigenvalue weighted by molar-refractivity contribution is 0.0588. The molecule has 0 fully saturated rings. The summed E-state index contributed by atoms with van der Waals surface area (Å²) in [6.45, 7) is 2.37. The van der Waals surface area contributed by atoms with Gasteiger partial charge in [0.1, 0.15) is 0 Å². The Morgan fingerprint density at radius 3 is 2.80 bits per heavy atom. The van der Waals surface area contributed by atoms with Gasteiger partial charge >= 0.3 is 11.5 Å². The highest BCUT2D eigenvalue weighted by molar-refractivity contribution is 5.90. The van der Waals surface area contributed by atoms with E-state index in [4.69, 9.17) is 4.74 Å². The number of carbonyl (C=O) groups excluding carboxylic acids is 1. The number of hydrogen-bond donors (Lipinski definition) is 0. The summed E-state index contributed by atoms with van der Waals surface area (Å²) in [5, 5.41) is 0. The fraction of sp³-hybridized carbons (Fsp3) is 0.462. The van der Waals surface area contributed by atoms with Crippen molar-refractivity contribution in [2.24, 2.45) is 7.05 Å². The Labute approximate surface area is 115 Å². The van der Waals surface area contributed by atoms with Crippen LogP contribution in [-0.2, 0) is 11.8 Å². The molecule has 0 atom stereocenters. The summed E-state index contributed by atoms with van der Waals surface area (Å²) in [6.07, 6.45) is 4.98. The molecule has 0 aromatic carbocycles. The summed E-state index contributed by atoms with van der Waals surface area (Å²) < 4.78 is 13.1. The number of esters is 1. The number of fused-ring (bicyclic) bond motifs is 1. The van der Waals surface area contributed by atoms with Gasteiger partial charge in [0.15, 0.2) is 5.69 Å². The highest BCUT2D eigenvalue weighted by Gasteiger charge is 2.22. The minimum absolute atomic E-state index is 0.0611. The second-order valence-corrected chi connectivity index (χ2v) is 4.37. The van der Waals surface area contributed by atoms with Gasteiger partial charge in [0.05, 0.1) is 13.7 Å². The minimum Gasteiger partial charge on any atom is -0.486 e. The molecule has 0 spiro atoms. The lowest BCUT2D eigenvalue weighted by atomic mass is 10.3. The summed E-state index contributed by atoms with van der Waals surface area (Å²) in [5.74, 6) is -0.385. The number of methoxy groups -OCH3 is 1. The van der Waals surface area contributed by atoms with Crippen molar-refractivity contribution < 1.29 is 14.3 Å². The monoisotopic (exact) mass is 279 g/mol. The Kier molecular flexibility index (Phi) is 4.07. The average Bonchev–Trinajstić information content (AvgIpc) is 2.82. The maximum Gasteiger partial charge on any atom is 0.360 e. The number of rotatable bonds is 5. The van der Waals surface area contributed by atoms with Crippen molar-refractivity contribution in [3.05, 3.63) is 28.4 Å². The van der Waals surface area contributed by atoms with E-state index in [1.54, 1.807) is 24.0 Å². The third-order valence-corrected chi connectivity index (χ3v) is 2.93. The van der Waals surface area contributed by atoms with Crippen LogP contribution in [0.1, 0.15) is 30.3 Å². The van der Waals surface area contributed by atoms with Crippen LogP contribution in [0.25, 0.3) is 5.78 Å². The smallest absolute Gasteiger partial charge is 0.360 e. The Morgan fingerprint density at radius 1 is 1.40 bits per heavy atom. The van der Waals surface area contributed by atoms with E-state index in [0.717, 1.165) is 12.8 Å². The molecule has 7 heteroatoms. The van der Waals surface area contributed by atoms with E-state index in [1.807, 2.05) is 6.92 Å². The fourth-order valence-electron chi connectivity index (χ4n) is 1.81. The van der Waals surface area contributed by atoms with Crippen LogP contribution in [0.3, 0.4) is 0 Å². The number of imidazole rings is 1. The highest BCUT2D eigenvalue weighted by Crippen LogP contribution is 2.14. The molecular weight excluding hydrogens is 262 g/mol. The maximum absolute atomic E-state index is 12.4. The molecule has 0 bridgehead atoms. The van der Waals surface area contributed by atoms with E-state index in [9.17, 15) is 9.59 Å². The first-order valence-corrected chi connectivity index (χ1v) is 6.39. The molecule has 0 unspecified atom stereocenters. The quantitative estimate of drug-likeness (QED) is 0.603. The Balaban J connectivity index is 2.59. The van der Waals surface area contributed by atoms with Gasteiger partial charge in [0, 0.05) is 19.4 Å². The first-order valence-electron chi connectivity index (χ1n) is 6.39. The zero-order valence-electron chi connectivity index (χ0n) is 11.8. The molecule has 2 aromatic rings. The van der Waals surface area contributed by atoms with Crippen molar-refractivity contribution in [2.75, 3.05) is 13.7 Å². The van der Waals surface area contributed by atoms with Crippen molar-refractivity contribution >= 4 is 11.7 Å². The molecule has 0 aliphatic carbocycles. The maximum atomic E-state index is 12.4. The van der Waals surface area contributed by atoms with Crippen molar-refractivity contribution in [2.45, 2.75) is 19.8 Å². The van der Waals surface area contributed by atoms with E-state index in [2.05, 4.69) is 9.72 Å². The SMILES string of the molecule is CCCCOc1c(C(=O)OC)nc2n(C)ccn2c1=O. The van der Waals surface area contributed by atoms with Gasteiger partial charge in [0.2, 0.25) is 11.5 Å². The molecule has 0 amide bonds. The first kappa shape index (κ1) is 14.1. The molecule has 0 N–H and O–H groups in total. The molecule has 0 aliphatic heterocycles. The van der Waals surface area contributed by atoms with Crippen molar-refractivity contribution in [1.82, 2.24) is 14.0 Å². The van der Waals surface area contributed by atoms with Crippen LogP contribution in [0.2, 0.25) is 0 Å². The van der Waals surface area contributed by atoms with E-state index in [0.29, 0.717) is 12.4 Å². The van der Waals surface area contributed by atoms with Crippen molar-refractivity contribution in [3.8, 4) is 5.75 Å². The molecule has 20 heavy (non-hydrogen) atoms. The Bertz CT molecular complexity index is 687. The normalized spacial score (nSPS) is 10.8. The van der Waals surface area contributed by atoms with Crippen LogP contribution in [0, 0.1) is 0 Å². The molecule has 0 saturated heterocycles. The van der Waals surface area contributed by atoms with Crippen LogP contribution in [0.4, 0.5) is 0 Å². The number of aryl methyl sites for hydroxylation is 1. The Morgan fingerprint density at radius 2 is 2.15 bits per heavy atom. The number of carbonyl (C=O) groups is 1. The molecule has 2 heterocycles. The number of ether oxygens (including phenoxy) is 2. The van der Waals surface area contributed by atoms with E-state index in [1.165, 1.54) is 11.5 Å². The van der Waals surface area contributed by atoms with Crippen LogP contribution >= 0.6 is 0 Å². The summed E-state index contributed by atoms with van der Waals surface area (Å²) >= 11 is 0. The summed E-state index contributed by atoms with van der Waals surface area (Å²) in [7, 11) is 2.98. The topological polar surface area (TPSA) is 74.8 Å². The lowest BCUT2D eigenvalue weighted by Crippen LogP contribution is -2.23. The van der Waals surface area contributed by atoms with Crippen molar-refractivity contribution in [3.63, 3.8) is 0 Å². The number of aromatic nitrogens is 3. The van der Waals surface area contributed by atoms with Crippen LogP contribution in [-0.4, -0.2) is 33.6 Å². The van der Waals surface area contributed by atoms with Crippen LogP contribution in [0.5, 0.6) is 5.75 Å². The number of nitrogens with zero attached hydrogens (tertiary/aromatic N) is 3. The second-order valence-electron chi connectivity index (χ2n) is 4.37. The molecule has 0 radical (unpaired) electrons. The first-order chi connectivity index (χ1) is 9.60. The van der Waals surface area contributed by atoms with Gasteiger partial charge in [-0.3, -0.25) is 4.79 Å². The number of hydrogen-bond acceptors (Lipinski definition) is 5. The van der Waals surface area contributed by atoms with Gasteiger partial charge in [0.25, 0.3) is 0 Å². The highest BCUT2D eigenvalue weighted by atomic mass is 16.5. The fourth-order valence-corrected chi connectivity index (χ4v) is 1.81. The van der Waals surface area contributed by atoms with Gasteiger partial charge in [-0.2, -0.15) is 0 Å². The largest absolute Gasteiger partial charge is 0.486 e. The molecule has 108 valence electrons. The molecule has 0 saturated carbocycles. The second kappa shape index (κ2) is 5.77. The van der Waals surface area contributed by atoms with Gasteiger partial charge in [-0.15, -0.1) is 0 Å². The van der Waals surface area contributed by atoms with E-state index >= 15 is 0 Å². The molecule has 2 aromatic heterocycles. The predicted molar refractivity (Wildman–Crippen MR) is 72.2 cm³/mol. The molecule has 0 aliphatic rings. The number of unbranched alkanes of at least 4 members (excludes halogenated alkanes) is 1. The summed E-state index contributed by atoms with van der Waals surface area (Å²) in [6, 6.07) is 0. The molecular formula is C13H17N3O4. The zero-order valence-corrected chi connectivity index (χ0v) is 11.8. The van der Waals surface area contributed by atoms with Gasteiger partial charge < -0.3 is 14.0 Å². The van der Waals surface area contributed by atoms with Crippen LogP contribution < -0.4 is 10.3 Å². The summed E-state index contributed by atoms with van der Waals surface area (Å²) in [4.78, 5) is 28.3. The zero-order chi connectivity index (χ0) is 14.7. The van der Waals surface area contributed by atoms with Gasteiger partial charge in [-0.05, 0) is 6.42 Å². The standard InChI is InChI=1S/C13H17N3O4/c1-4-5-8-20-10-9(12(18)19-3)14-13-15(2)6-7-16(13)11(10)17/h6-7H,4-5,8H2,1-3H3. The van der Waals surface area contributed by atoms with Gasteiger partial charge in [-0.25, -0.2) is 14.2 Å². The third kappa shape index (κ3) is 2.38. The third-order valence-electron chi connectivity index (χ3n) is 2.93. The predicted octanol–water partition coefficient (Wildman–Crippen LogP) is 0.998. The molecule has 2 rings (SSSR count). The summed E-state index contributed by atoms with van der Waals surface area (Å²) in [5.41, 5.74) is -0.498. The van der Waals surface area contributed by atoms with E-state index < -0.39 is 11.5 Å².